The molecule has 0 unspecified atom stereocenters. The fourth-order valence-corrected chi connectivity index (χ4v) is 8.80. The van der Waals surface area contributed by atoms with Gasteiger partial charge in [0.05, 0.1) is 0 Å². The van der Waals surface area contributed by atoms with Gasteiger partial charge in [-0.1, -0.05) is 290 Å². The second-order valence-corrected chi connectivity index (χ2v) is 22.3. The Kier molecular flexibility index (Phi) is 86.5. The summed E-state index contributed by atoms with van der Waals surface area (Å²) in [5.41, 5.74) is 0. The number of carbonyl (C=O) groups excluding carboxylic acids is 3. The fourth-order valence-electron chi connectivity index (χ4n) is 8.80. The number of ether oxygens (including phenoxy) is 3. The molecule has 0 N–H and O–H groups in total. The van der Waals surface area contributed by atoms with Gasteiger partial charge < -0.3 is 52.7 Å². The van der Waals surface area contributed by atoms with E-state index in [2.05, 4.69) is 20.8 Å². The number of hydrogen-bond donors (Lipinski definition) is 0. The van der Waals surface area contributed by atoms with Gasteiger partial charge >= 0.3 is 165 Å². The van der Waals surface area contributed by atoms with Crippen molar-refractivity contribution in [3.05, 3.63) is 0 Å². The molecule has 0 heterocycles. The van der Waals surface area contributed by atoms with Crippen LogP contribution in [0.2, 0.25) is 0 Å². The molecule has 0 aliphatic rings. The predicted molar refractivity (Wildman–Crippen MR) is 303 cm³/mol. The van der Waals surface area contributed by atoms with E-state index in [0.717, 1.165) is 57.8 Å². The molecular weight excluding hydrogens is 1380 g/mol. The third-order valence-corrected chi connectivity index (χ3v) is 13.1. The largest absolute Gasteiger partial charge is 2.00 e. The van der Waals surface area contributed by atoms with Crippen LogP contribution in [-0.2, 0) is 37.7 Å². The van der Waals surface area contributed by atoms with E-state index in [-0.39, 0.29) is 178 Å². The molecule has 0 saturated carbocycles. The van der Waals surface area contributed by atoms with Crippen LogP contribution >= 0.6 is 15.6 Å². The Morgan fingerprint density at radius 2 is 0.434 bits per heavy atom. The fraction of sp³-hybridized carbons (Fsp3) is 0.947. The number of hydrogen-bond acceptors (Lipinski definition) is 14. The second kappa shape index (κ2) is 72.6. The summed E-state index contributed by atoms with van der Waals surface area (Å²) in [5.74, 6) is -0.832. The van der Waals surface area contributed by atoms with E-state index in [1.807, 2.05) is 0 Å². The van der Waals surface area contributed by atoms with Crippen molar-refractivity contribution in [2.75, 3.05) is 13.2 Å². The minimum Gasteiger partial charge on any atom is -0.822 e. The zero-order chi connectivity index (χ0) is 54.8. The minimum absolute atomic E-state index is 0. The van der Waals surface area contributed by atoms with Crippen LogP contribution in [0.3, 0.4) is 0 Å². The van der Waals surface area contributed by atoms with E-state index in [1.54, 1.807) is 0 Å². The van der Waals surface area contributed by atoms with Gasteiger partial charge in [-0.2, -0.15) is 15.6 Å². The molecule has 0 aliphatic heterocycles. The molecule has 0 aromatic rings. The average Bonchev–Trinajstić information content (AvgIpc) is 3.32. The SMILES string of the molecule is CCCCCCCCCCCCCCCCCC(=O)OCC(COC(=O)CCCCCCCCCCCCCCCCC)OC(=O)CCCCCCCCCCCCCCCCC.O=P([O-])([O-])[O-].O=P([O-])([O-])[O-].[Ba+2].[Ba+2].[Ba+2]. The first-order valence-corrected chi connectivity index (χ1v) is 32.9. The van der Waals surface area contributed by atoms with Crippen molar-refractivity contribution < 1.29 is 67.1 Å². The second-order valence-electron chi connectivity index (χ2n) is 20.5. The normalized spacial score (nSPS) is 11.0. The molecule has 0 spiro atoms. The molecular formula is C57H110Ba3O14P2. The zero-order valence-electron chi connectivity index (χ0n) is 49.2. The molecule has 14 nitrogen and oxygen atoms in total. The van der Waals surface area contributed by atoms with Gasteiger partial charge in [0.25, 0.3) is 0 Å². The van der Waals surface area contributed by atoms with Gasteiger partial charge in [0.15, 0.2) is 6.10 Å². The Bertz CT molecular complexity index is 1190. The summed E-state index contributed by atoms with van der Waals surface area (Å²) in [6.45, 7) is 6.71. The molecule has 0 saturated heterocycles. The summed E-state index contributed by atoms with van der Waals surface area (Å²) in [6.07, 6.45) is 58.0. The molecule has 0 aromatic heterocycles. The standard InChI is InChI=1S/C57H110O6.3Ba.2H3O4P/c1-4-7-10-13-16-19-22-25-28-31-34-37-40-43-46-49-55(58)61-52-54(63-57(60)51-48-45-42-39-36-33-30-27-24-21-18-15-12-9-6-3)53-62-56(59)50-47-44-41-38-35-32-29-26-23-20-17-14-11-8-5-2;;;;2*1-5(2,3)4/h54H,4-53H2,1-3H3;;;;2*(H3,1,2,3,4)/q;3*+2;;/p-6. The topological polar surface area (TPSA) is 251 Å². The van der Waals surface area contributed by atoms with Gasteiger partial charge in [-0.05, 0) is 19.3 Å². The monoisotopic (exact) mass is 1490 g/mol. The number of phosphoric acid groups is 2. The van der Waals surface area contributed by atoms with Crippen molar-refractivity contribution in [2.24, 2.45) is 0 Å². The quantitative estimate of drug-likeness (QED) is 0.0181. The van der Waals surface area contributed by atoms with Crippen LogP contribution in [0.1, 0.15) is 329 Å². The van der Waals surface area contributed by atoms with E-state index < -0.39 is 21.7 Å². The van der Waals surface area contributed by atoms with Gasteiger partial charge in [-0.3, -0.25) is 14.4 Å². The smallest absolute Gasteiger partial charge is 0.822 e. The van der Waals surface area contributed by atoms with E-state index in [0.29, 0.717) is 19.3 Å². The molecule has 19 heteroatoms. The summed E-state index contributed by atoms with van der Waals surface area (Å²) >= 11 is 0. The number of rotatable bonds is 53. The maximum absolute atomic E-state index is 12.8. The van der Waals surface area contributed by atoms with E-state index in [1.165, 1.54) is 231 Å². The van der Waals surface area contributed by atoms with Crippen LogP contribution in [-0.4, -0.2) is 184 Å². The zero-order valence-corrected chi connectivity index (χ0v) is 64.3. The molecule has 438 valence electrons. The van der Waals surface area contributed by atoms with Crippen LogP contribution in [0.25, 0.3) is 0 Å². The average molecular weight is 1490 g/mol. The van der Waals surface area contributed by atoms with Crippen molar-refractivity contribution in [1.29, 1.82) is 0 Å². The summed E-state index contributed by atoms with van der Waals surface area (Å²) in [4.78, 5) is 89.4. The van der Waals surface area contributed by atoms with Crippen molar-refractivity contribution in [3.8, 4) is 0 Å². The minimum atomic E-state index is -5.39. The molecule has 0 bridgehead atoms. The van der Waals surface area contributed by atoms with Gasteiger partial charge in [-0.15, -0.1) is 0 Å². The van der Waals surface area contributed by atoms with Crippen molar-refractivity contribution in [2.45, 2.75) is 335 Å². The maximum atomic E-state index is 12.8. The predicted octanol–water partition coefficient (Wildman–Crippen LogP) is 12.0. The van der Waals surface area contributed by atoms with E-state index in [9.17, 15) is 14.4 Å². The van der Waals surface area contributed by atoms with Gasteiger partial charge in [-0.25, -0.2) is 0 Å². The molecule has 0 fully saturated rings. The van der Waals surface area contributed by atoms with Crippen LogP contribution in [0.15, 0.2) is 0 Å². The maximum Gasteiger partial charge on any atom is 2.00 e. The molecule has 76 heavy (non-hydrogen) atoms. The molecule has 0 amide bonds. The first-order valence-electron chi connectivity index (χ1n) is 30.0. The number of carbonyl (C=O) groups is 3. The van der Waals surface area contributed by atoms with Gasteiger partial charge in [0.1, 0.15) is 13.2 Å². The van der Waals surface area contributed by atoms with Crippen molar-refractivity contribution >= 4 is 180 Å². The first-order chi connectivity index (χ1) is 35.0. The number of unbranched alkanes of at least 4 members (excludes halogenated alkanes) is 42. The third kappa shape index (κ3) is 96.5. The molecule has 0 atom stereocenters. The van der Waals surface area contributed by atoms with Crippen molar-refractivity contribution in [1.82, 2.24) is 0 Å². The summed E-state index contributed by atoms with van der Waals surface area (Å²) < 4.78 is 34.0. The molecule has 0 rings (SSSR count). The van der Waals surface area contributed by atoms with Crippen LogP contribution < -0.4 is 29.4 Å². The van der Waals surface area contributed by atoms with Gasteiger partial charge in [0, 0.05) is 19.3 Å². The Balaban J connectivity index is -0.000000854. The molecule has 0 radical (unpaired) electrons. The summed E-state index contributed by atoms with van der Waals surface area (Å²) in [7, 11) is -10.8. The number of esters is 3. The van der Waals surface area contributed by atoms with Gasteiger partial charge in [0.2, 0.25) is 0 Å². The van der Waals surface area contributed by atoms with Crippen molar-refractivity contribution in [3.63, 3.8) is 0 Å². The van der Waals surface area contributed by atoms with Crippen LogP contribution in [0, 0.1) is 0 Å². The summed E-state index contributed by atoms with van der Waals surface area (Å²) in [5, 5.41) is 0. The van der Waals surface area contributed by atoms with Crippen LogP contribution in [0.4, 0.5) is 0 Å². The Morgan fingerprint density at radius 1 is 0.289 bits per heavy atom. The summed E-state index contributed by atoms with van der Waals surface area (Å²) in [6, 6.07) is 0. The molecule has 0 aromatic carbocycles. The Hall–Kier alpha value is 3.34. The van der Waals surface area contributed by atoms with E-state index in [4.69, 9.17) is 52.7 Å². The van der Waals surface area contributed by atoms with Crippen LogP contribution in [0.5, 0.6) is 0 Å². The third-order valence-electron chi connectivity index (χ3n) is 13.1. The first kappa shape index (κ1) is 90.5. The Morgan fingerprint density at radius 3 is 0.605 bits per heavy atom. The Labute approximate surface area is 587 Å². The van der Waals surface area contributed by atoms with E-state index >= 15 is 0 Å². The molecule has 0 aliphatic carbocycles.